The van der Waals surface area contributed by atoms with Crippen molar-refractivity contribution in [2.45, 2.75) is 195 Å². The molecule has 0 aliphatic carbocycles. The molecule has 5 aliphatic rings. The zero-order valence-corrected chi connectivity index (χ0v) is 41.0. The SMILES string of the molecule is CC(=O)N[C@H]1[C@H](O[C@H]2[C@H](O)[C@@H](NC(C)=O)[C@H](O[C@H]3[C@H](O)[C@@H](NC(C)=O)[C@H](O[C@H]4[C@H](O)[C@@H](NC(C)=O)C(O)O[C@@H]4COC(C)=O)O[C@@H]3CO)O[C@@H]2CO)O[C@H](CO)[C@@H](O[C@@H]2O[C@H](COC(C)=O)[C@@H](O)[C@H](O)[C@H]2N)[C@@H]1O. The average Bonchev–Trinajstić information content (AvgIpc) is 3.32. The van der Waals surface area contributed by atoms with Crippen LogP contribution >= 0.6 is 0 Å². The van der Waals surface area contributed by atoms with E-state index in [1.165, 1.54) is 0 Å². The molecule has 4 amide bonds. The van der Waals surface area contributed by atoms with Crippen LogP contribution in [0.5, 0.6) is 0 Å². The van der Waals surface area contributed by atoms with Gasteiger partial charge in [-0.05, 0) is 0 Å². The molecular weight excluding hydrogens is 1010 g/mol. The van der Waals surface area contributed by atoms with Crippen LogP contribution in [0.4, 0.5) is 0 Å². The number of hydrogen-bond donors (Lipinski definition) is 15. The van der Waals surface area contributed by atoms with Gasteiger partial charge in [-0.1, -0.05) is 0 Å². The van der Waals surface area contributed by atoms with Crippen LogP contribution in [0.2, 0.25) is 0 Å². The number of esters is 2. The molecule has 0 aromatic rings. The summed E-state index contributed by atoms with van der Waals surface area (Å²) in [5, 5.41) is 120. The van der Waals surface area contributed by atoms with E-state index in [0.717, 1.165) is 41.5 Å². The first-order valence-electron chi connectivity index (χ1n) is 23.4. The van der Waals surface area contributed by atoms with Gasteiger partial charge in [-0.2, -0.15) is 0 Å². The van der Waals surface area contributed by atoms with Gasteiger partial charge in [0.25, 0.3) is 0 Å². The third-order valence-electron chi connectivity index (χ3n) is 12.5. The summed E-state index contributed by atoms with van der Waals surface area (Å²) in [6.07, 6.45) is -34.9. The molecule has 0 bridgehead atoms. The summed E-state index contributed by atoms with van der Waals surface area (Å²) in [5.74, 6) is -4.63. The number of rotatable bonds is 19. The van der Waals surface area contributed by atoms with Crippen molar-refractivity contribution in [3.05, 3.63) is 0 Å². The van der Waals surface area contributed by atoms with Crippen molar-refractivity contribution in [3.8, 4) is 0 Å². The summed E-state index contributed by atoms with van der Waals surface area (Å²) >= 11 is 0. The lowest BCUT2D eigenvalue weighted by atomic mass is 9.93. The molecule has 32 heteroatoms. The molecule has 25 atom stereocenters. The second-order valence-corrected chi connectivity index (χ2v) is 18.2. The molecule has 16 N–H and O–H groups in total. The maximum Gasteiger partial charge on any atom is 0.302 e. The number of ether oxygens (including phenoxy) is 11. The molecule has 1 unspecified atom stereocenters. The van der Waals surface area contributed by atoms with Crippen LogP contribution in [0.1, 0.15) is 41.5 Å². The van der Waals surface area contributed by atoms with Crippen LogP contribution in [-0.2, 0) is 80.9 Å². The zero-order valence-electron chi connectivity index (χ0n) is 41.0. The molecule has 74 heavy (non-hydrogen) atoms. The summed E-state index contributed by atoms with van der Waals surface area (Å²) in [6, 6.07) is -8.10. The van der Waals surface area contributed by atoms with Crippen molar-refractivity contribution in [1.82, 2.24) is 21.3 Å². The molecule has 424 valence electrons. The van der Waals surface area contributed by atoms with Gasteiger partial charge in [0.15, 0.2) is 31.5 Å². The monoisotopic (exact) mass is 1080 g/mol. The van der Waals surface area contributed by atoms with Crippen LogP contribution in [0.3, 0.4) is 0 Å². The van der Waals surface area contributed by atoms with Gasteiger partial charge < -0.3 is 130 Å². The summed E-state index contributed by atoms with van der Waals surface area (Å²) in [5.41, 5.74) is 6.10. The van der Waals surface area contributed by atoms with Crippen LogP contribution in [0, 0.1) is 0 Å². The minimum Gasteiger partial charge on any atom is -0.463 e. The summed E-state index contributed by atoms with van der Waals surface area (Å²) < 4.78 is 63.3. The van der Waals surface area contributed by atoms with Crippen molar-refractivity contribution < 1.29 is 132 Å². The second kappa shape index (κ2) is 26.9. The lowest BCUT2D eigenvalue weighted by Gasteiger charge is -2.51. The van der Waals surface area contributed by atoms with E-state index in [9.17, 15) is 79.8 Å². The van der Waals surface area contributed by atoms with Crippen LogP contribution in [0.25, 0.3) is 0 Å². The normalized spacial score (nSPS) is 42.5. The zero-order chi connectivity index (χ0) is 55.0. The lowest BCUT2D eigenvalue weighted by Crippen LogP contribution is -2.72. The highest BCUT2D eigenvalue weighted by molar-refractivity contribution is 5.74. The Morgan fingerprint density at radius 1 is 0.405 bits per heavy atom. The first kappa shape index (κ1) is 60.9. The molecular formula is C42H69N5O27. The van der Waals surface area contributed by atoms with Crippen molar-refractivity contribution >= 4 is 35.6 Å². The first-order chi connectivity index (χ1) is 34.8. The molecule has 5 saturated heterocycles. The number of aliphatic hydroxyl groups excluding tert-OH is 10. The fourth-order valence-corrected chi connectivity index (χ4v) is 9.08. The summed E-state index contributed by atoms with van der Waals surface area (Å²) in [7, 11) is 0. The van der Waals surface area contributed by atoms with Crippen LogP contribution < -0.4 is 27.0 Å². The number of hydrogen-bond acceptors (Lipinski definition) is 28. The Kier molecular flexibility index (Phi) is 22.1. The largest absolute Gasteiger partial charge is 0.463 e. The van der Waals surface area contributed by atoms with E-state index in [-0.39, 0.29) is 0 Å². The smallest absolute Gasteiger partial charge is 0.302 e. The molecule has 0 aromatic heterocycles. The van der Waals surface area contributed by atoms with E-state index in [4.69, 9.17) is 57.8 Å². The highest BCUT2D eigenvalue weighted by Gasteiger charge is 2.57. The van der Waals surface area contributed by atoms with Crippen molar-refractivity contribution in [2.24, 2.45) is 5.73 Å². The van der Waals surface area contributed by atoms with Gasteiger partial charge >= 0.3 is 11.9 Å². The standard InChI is InChI=1S/C42H69N5O27/c1-12(51)44-24-30(59)37(22(66-38(24)63)11-65-17(6)56)74-42-27(47-15(4)54)33(62)36(20(9-50)69-42)73-41-26(46-14(3)53)32(61)35(19(8-49)68-41)72-40-25(45-13(2)52)31(60)34(18(7-48)67-40)71-39-23(43)29(58)28(57)21(70-39)10-64-16(5)55/h18-42,48-50,57-63H,7-11,43H2,1-6H3,(H,44,51)(H,45,52)(H,46,53)(H,47,54)/t18-,19-,20-,21-,22-,23-,24-,25-,26-,27-,28-,29-,30-,31-,32-,33-,34-,35-,36-,37-,38?,39+,40+,41+,42+/m1/s1. The highest BCUT2D eigenvalue weighted by atomic mass is 16.8. The van der Waals surface area contributed by atoms with Gasteiger partial charge in [0, 0.05) is 41.5 Å². The number of amides is 4. The molecule has 0 saturated carbocycles. The van der Waals surface area contributed by atoms with Crippen molar-refractivity contribution in [2.75, 3.05) is 33.0 Å². The molecule has 0 aromatic carbocycles. The van der Waals surface area contributed by atoms with Gasteiger partial charge in [0.1, 0.15) is 129 Å². The maximum absolute atomic E-state index is 12.7. The number of aliphatic hydroxyl groups is 10. The fourth-order valence-electron chi connectivity index (χ4n) is 9.08. The van der Waals surface area contributed by atoms with E-state index in [2.05, 4.69) is 21.3 Å². The van der Waals surface area contributed by atoms with E-state index in [1.807, 2.05) is 0 Å². The first-order valence-corrected chi connectivity index (χ1v) is 23.4. The Bertz CT molecular complexity index is 1910. The maximum atomic E-state index is 12.7. The van der Waals surface area contributed by atoms with Gasteiger partial charge in [-0.15, -0.1) is 0 Å². The molecule has 5 rings (SSSR count). The van der Waals surface area contributed by atoms with E-state index in [1.54, 1.807) is 0 Å². The Balaban J connectivity index is 1.39. The lowest BCUT2D eigenvalue weighted by molar-refractivity contribution is -0.367. The van der Waals surface area contributed by atoms with Crippen molar-refractivity contribution in [3.63, 3.8) is 0 Å². The molecule has 5 aliphatic heterocycles. The number of carbonyl (C=O) groups is 6. The third-order valence-corrected chi connectivity index (χ3v) is 12.5. The Morgan fingerprint density at radius 2 is 0.703 bits per heavy atom. The minimum atomic E-state index is -2.00. The molecule has 32 nitrogen and oxygen atoms in total. The third kappa shape index (κ3) is 14.7. The number of nitrogens with two attached hydrogens (primary N) is 1. The van der Waals surface area contributed by atoms with E-state index < -0.39 is 222 Å². The van der Waals surface area contributed by atoms with Crippen LogP contribution in [0.15, 0.2) is 0 Å². The predicted molar refractivity (Wildman–Crippen MR) is 234 cm³/mol. The second-order valence-electron chi connectivity index (χ2n) is 18.2. The van der Waals surface area contributed by atoms with Gasteiger partial charge in [0.05, 0.1) is 25.9 Å². The minimum absolute atomic E-state index is 0.550. The number of carbonyl (C=O) groups excluding carboxylic acids is 6. The topological polar surface area (TPSA) is 480 Å². The summed E-state index contributed by atoms with van der Waals surface area (Å²) in [4.78, 5) is 73.0. The number of nitrogens with one attached hydrogen (secondary N) is 4. The van der Waals surface area contributed by atoms with Crippen molar-refractivity contribution in [1.29, 1.82) is 0 Å². The predicted octanol–water partition coefficient (Wildman–Crippen LogP) is -10.2. The highest BCUT2D eigenvalue weighted by Crippen LogP contribution is 2.36. The van der Waals surface area contributed by atoms with E-state index >= 15 is 0 Å². The van der Waals surface area contributed by atoms with Gasteiger partial charge in [-0.25, -0.2) is 0 Å². The Labute approximate surface area is 421 Å². The summed E-state index contributed by atoms with van der Waals surface area (Å²) in [6.45, 7) is 2.26. The Hall–Kier alpha value is -3.98. The molecule has 5 heterocycles. The van der Waals surface area contributed by atoms with Gasteiger partial charge in [-0.3, -0.25) is 28.8 Å². The molecule has 0 spiro atoms. The molecule has 0 radical (unpaired) electrons. The fraction of sp³-hybridized carbons (Fsp3) is 0.857. The van der Waals surface area contributed by atoms with Gasteiger partial charge in [0.2, 0.25) is 23.6 Å². The average molecular weight is 1080 g/mol. The van der Waals surface area contributed by atoms with E-state index in [0.29, 0.717) is 0 Å². The van der Waals surface area contributed by atoms with Crippen LogP contribution in [-0.4, -0.2) is 273 Å². The Morgan fingerprint density at radius 3 is 1.04 bits per heavy atom. The quantitative estimate of drug-likeness (QED) is 0.0534. The molecule has 5 fully saturated rings.